The van der Waals surface area contributed by atoms with Gasteiger partial charge in [-0.25, -0.2) is 9.18 Å². The molecule has 4 nitrogen and oxygen atoms in total. The average molecular weight is 247 g/mol. The van der Waals surface area contributed by atoms with E-state index >= 15 is 0 Å². The highest BCUT2D eigenvalue weighted by Crippen LogP contribution is 2.25. The zero-order chi connectivity index (χ0) is 13.1. The molecule has 5 heteroatoms. The lowest BCUT2D eigenvalue weighted by molar-refractivity contribution is -0.146. The molecule has 0 saturated heterocycles. The maximum atomic E-state index is 13.7. The van der Waals surface area contributed by atoms with Crippen LogP contribution in [0.2, 0.25) is 0 Å². The van der Waals surface area contributed by atoms with Crippen molar-refractivity contribution in [3.8, 4) is 11.1 Å². The molecule has 0 saturated carbocycles. The number of pyridine rings is 1. The lowest BCUT2D eigenvalue weighted by Crippen LogP contribution is -2.10. The first kappa shape index (κ1) is 12.2. The van der Waals surface area contributed by atoms with Crippen molar-refractivity contribution in [1.82, 2.24) is 4.98 Å². The third kappa shape index (κ3) is 2.36. The normalized spacial score (nSPS) is 12.1. The summed E-state index contributed by atoms with van der Waals surface area (Å²) in [5.41, 5.74) is 0.859. The zero-order valence-corrected chi connectivity index (χ0v) is 9.25. The topological polar surface area (TPSA) is 70.4 Å². The minimum atomic E-state index is -1.67. The summed E-state index contributed by atoms with van der Waals surface area (Å²) in [5, 5.41) is 18.1. The molecule has 2 aromatic rings. The van der Waals surface area contributed by atoms with Gasteiger partial charge in [-0.3, -0.25) is 4.98 Å². The van der Waals surface area contributed by atoms with E-state index in [2.05, 4.69) is 4.98 Å². The summed E-state index contributed by atoms with van der Waals surface area (Å²) in [6.07, 6.45) is 1.35. The molecule has 0 radical (unpaired) electrons. The highest BCUT2D eigenvalue weighted by atomic mass is 19.1. The number of hydrogen-bond acceptors (Lipinski definition) is 3. The van der Waals surface area contributed by atoms with E-state index in [-0.39, 0.29) is 11.1 Å². The van der Waals surface area contributed by atoms with E-state index in [1.54, 1.807) is 18.3 Å². The van der Waals surface area contributed by atoms with Crippen LogP contribution in [0.1, 0.15) is 11.7 Å². The Hall–Kier alpha value is -2.27. The molecule has 0 amide bonds. The number of hydrogen-bond donors (Lipinski definition) is 2. The first-order valence-corrected chi connectivity index (χ1v) is 5.20. The molecule has 1 aromatic carbocycles. The Kier molecular flexibility index (Phi) is 3.34. The largest absolute Gasteiger partial charge is 0.479 e. The van der Waals surface area contributed by atoms with Crippen LogP contribution in [0.4, 0.5) is 4.39 Å². The van der Waals surface area contributed by atoms with E-state index < -0.39 is 17.9 Å². The fraction of sp³-hybridized carbons (Fsp3) is 0.0769. The molecule has 1 aromatic heterocycles. The van der Waals surface area contributed by atoms with E-state index in [1.807, 2.05) is 0 Å². The number of carboxylic acid groups (broad SMARTS) is 1. The Bertz CT molecular complexity index is 572. The summed E-state index contributed by atoms with van der Waals surface area (Å²) >= 11 is 0. The van der Waals surface area contributed by atoms with Crippen LogP contribution in [0.3, 0.4) is 0 Å². The summed E-state index contributed by atoms with van der Waals surface area (Å²) in [5.74, 6) is -1.87. The molecule has 0 aliphatic rings. The van der Waals surface area contributed by atoms with Crippen molar-refractivity contribution < 1.29 is 19.4 Å². The van der Waals surface area contributed by atoms with Gasteiger partial charge in [0.05, 0.1) is 0 Å². The van der Waals surface area contributed by atoms with Gasteiger partial charge >= 0.3 is 5.97 Å². The Morgan fingerprint density at radius 2 is 2.11 bits per heavy atom. The Morgan fingerprint density at radius 1 is 1.33 bits per heavy atom. The third-order valence-electron chi connectivity index (χ3n) is 2.51. The van der Waals surface area contributed by atoms with Crippen molar-refractivity contribution in [1.29, 1.82) is 0 Å². The first-order chi connectivity index (χ1) is 8.59. The number of aliphatic carboxylic acids is 1. The maximum Gasteiger partial charge on any atom is 0.337 e. The summed E-state index contributed by atoms with van der Waals surface area (Å²) in [7, 11) is 0. The van der Waals surface area contributed by atoms with E-state index in [0.717, 1.165) is 6.07 Å². The monoisotopic (exact) mass is 247 g/mol. The van der Waals surface area contributed by atoms with Crippen molar-refractivity contribution in [3.05, 3.63) is 54.1 Å². The van der Waals surface area contributed by atoms with Crippen molar-refractivity contribution in [3.63, 3.8) is 0 Å². The van der Waals surface area contributed by atoms with Gasteiger partial charge in [0.1, 0.15) is 5.82 Å². The molecule has 1 atom stereocenters. The predicted octanol–water partition coefficient (Wildman–Crippen LogP) is 2.01. The number of aliphatic hydroxyl groups is 1. The second-order valence-electron chi connectivity index (χ2n) is 3.72. The Balaban J connectivity index is 2.49. The van der Waals surface area contributed by atoms with Gasteiger partial charge in [0.25, 0.3) is 0 Å². The van der Waals surface area contributed by atoms with Gasteiger partial charge in [0.15, 0.2) is 6.10 Å². The van der Waals surface area contributed by atoms with Crippen LogP contribution in [0.5, 0.6) is 0 Å². The van der Waals surface area contributed by atoms with Crippen LogP contribution in [-0.4, -0.2) is 21.2 Å². The molecule has 0 aliphatic carbocycles. The number of aromatic nitrogens is 1. The van der Waals surface area contributed by atoms with Crippen molar-refractivity contribution >= 4 is 5.97 Å². The number of benzene rings is 1. The van der Waals surface area contributed by atoms with Gasteiger partial charge in [-0.2, -0.15) is 0 Å². The minimum absolute atomic E-state index is 0.128. The van der Waals surface area contributed by atoms with Crippen molar-refractivity contribution in [2.24, 2.45) is 0 Å². The number of carbonyl (C=O) groups is 1. The lowest BCUT2D eigenvalue weighted by Gasteiger charge is -2.09. The van der Waals surface area contributed by atoms with Gasteiger partial charge in [-0.15, -0.1) is 0 Å². The molecule has 0 aliphatic heterocycles. The quantitative estimate of drug-likeness (QED) is 0.870. The van der Waals surface area contributed by atoms with Crippen molar-refractivity contribution in [2.75, 3.05) is 0 Å². The standard InChI is InChI=1S/C13H10FNO3/c14-11-4-3-8(12(16)13(17)18)6-10(11)9-2-1-5-15-7-9/h1-7,12,16H,(H,17,18). The molecule has 92 valence electrons. The predicted molar refractivity (Wildman–Crippen MR) is 62.2 cm³/mol. The van der Waals surface area contributed by atoms with Gasteiger partial charge < -0.3 is 10.2 Å². The summed E-state index contributed by atoms with van der Waals surface area (Å²) in [6.45, 7) is 0. The molecular formula is C13H10FNO3. The van der Waals surface area contributed by atoms with E-state index in [9.17, 15) is 14.3 Å². The van der Waals surface area contributed by atoms with Crippen LogP contribution in [0.25, 0.3) is 11.1 Å². The van der Waals surface area contributed by atoms with Gasteiger partial charge in [0, 0.05) is 23.5 Å². The van der Waals surface area contributed by atoms with Crippen LogP contribution >= 0.6 is 0 Å². The second-order valence-corrected chi connectivity index (χ2v) is 3.72. The molecule has 2 rings (SSSR count). The Labute approximate surface area is 102 Å². The van der Waals surface area contributed by atoms with Crippen LogP contribution in [0.15, 0.2) is 42.7 Å². The maximum absolute atomic E-state index is 13.7. The molecule has 18 heavy (non-hydrogen) atoms. The molecule has 1 unspecified atom stereocenters. The van der Waals surface area contributed by atoms with Crippen LogP contribution in [0, 0.1) is 5.82 Å². The number of halogens is 1. The van der Waals surface area contributed by atoms with Crippen LogP contribution < -0.4 is 0 Å². The van der Waals surface area contributed by atoms with E-state index in [4.69, 9.17) is 5.11 Å². The molecule has 1 heterocycles. The van der Waals surface area contributed by atoms with Crippen molar-refractivity contribution in [2.45, 2.75) is 6.10 Å². The number of nitrogens with zero attached hydrogens (tertiary/aromatic N) is 1. The fourth-order valence-electron chi connectivity index (χ4n) is 1.60. The fourth-order valence-corrected chi connectivity index (χ4v) is 1.60. The zero-order valence-electron chi connectivity index (χ0n) is 9.25. The third-order valence-corrected chi connectivity index (χ3v) is 2.51. The molecule has 0 fully saturated rings. The first-order valence-electron chi connectivity index (χ1n) is 5.20. The summed E-state index contributed by atoms with van der Waals surface area (Å²) < 4.78 is 13.7. The van der Waals surface area contributed by atoms with E-state index in [0.29, 0.717) is 5.56 Å². The highest BCUT2D eigenvalue weighted by Gasteiger charge is 2.17. The minimum Gasteiger partial charge on any atom is -0.479 e. The highest BCUT2D eigenvalue weighted by molar-refractivity contribution is 5.75. The molecule has 2 N–H and O–H groups in total. The number of aliphatic hydroxyl groups excluding tert-OH is 1. The SMILES string of the molecule is O=C(O)C(O)c1ccc(F)c(-c2cccnc2)c1. The number of carboxylic acids is 1. The Morgan fingerprint density at radius 3 is 2.72 bits per heavy atom. The van der Waals surface area contributed by atoms with Gasteiger partial charge in [-0.1, -0.05) is 12.1 Å². The number of rotatable bonds is 3. The molecule has 0 bridgehead atoms. The smallest absolute Gasteiger partial charge is 0.337 e. The lowest BCUT2D eigenvalue weighted by atomic mass is 10.0. The summed E-state index contributed by atoms with van der Waals surface area (Å²) in [6, 6.07) is 6.99. The second kappa shape index (κ2) is 4.93. The van der Waals surface area contributed by atoms with Gasteiger partial charge in [0.2, 0.25) is 0 Å². The van der Waals surface area contributed by atoms with Crippen LogP contribution in [-0.2, 0) is 4.79 Å². The van der Waals surface area contributed by atoms with E-state index in [1.165, 1.54) is 18.3 Å². The molecule has 0 spiro atoms. The van der Waals surface area contributed by atoms with Gasteiger partial charge in [-0.05, 0) is 23.8 Å². The molecular weight excluding hydrogens is 237 g/mol. The summed E-state index contributed by atoms with van der Waals surface area (Å²) in [4.78, 5) is 14.5. The average Bonchev–Trinajstić information content (AvgIpc) is 2.39.